The van der Waals surface area contributed by atoms with Gasteiger partial charge in [0.1, 0.15) is 5.75 Å². The summed E-state index contributed by atoms with van der Waals surface area (Å²) in [6, 6.07) is 5.39. The van der Waals surface area contributed by atoms with Crippen LogP contribution in [0.1, 0.15) is 44.0 Å². The van der Waals surface area contributed by atoms with Gasteiger partial charge in [0, 0.05) is 30.4 Å². The second-order valence-electron chi connectivity index (χ2n) is 4.78. The Hall–Kier alpha value is -1.71. The van der Waals surface area contributed by atoms with Gasteiger partial charge in [0.05, 0.1) is 6.61 Å². The van der Waals surface area contributed by atoms with E-state index in [4.69, 9.17) is 10.5 Å². The van der Waals surface area contributed by atoms with E-state index in [2.05, 4.69) is 13.8 Å². The molecule has 2 N–H and O–H groups in total. The van der Waals surface area contributed by atoms with Crippen molar-refractivity contribution in [1.29, 1.82) is 0 Å². The molecule has 0 fully saturated rings. The monoisotopic (exact) mass is 264 g/mol. The van der Waals surface area contributed by atoms with Crippen molar-refractivity contribution in [1.82, 2.24) is 4.90 Å². The number of carbonyl (C=O) groups excluding carboxylic acids is 1. The van der Waals surface area contributed by atoms with Gasteiger partial charge < -0.3 is 15.4 Å². The Morgan fingerprint density at radius 2 is 2.05 bits per heavy atom. The summed E-state index contributed by atoms with van der Waals surface area (Å²) in [4.78, 5) is 14.1. The number of anilines is 1. The molecular formula is C15H24N2O2. The number of carbonyl (C=O) groups is 1. The Kier molecular flexibility index (Phi) is 5.67. The topological polar surface area (TPSA) is 55.6 Å². The predicted octanol–water partition coefficient (Wildman–Crippen LogP) is 2.93. The van der Waals surface area contributed by atoms with Crippen LogP contribution >= 0.6 is 0 Å². The minimum atomic E-state index is -0.0193. The smallest absolute Gasteiger partial charge is 0.254 e. The zero-order chi connectivity index (χ0) is 14.4. The number of rotatable bonds is 6. The minimum Gasteiger partial charge on any atom is -0.494 e. The first-order valence-corrected chi connectivity index (χ1v) is 6.80. The van der Waals surface area contributed by atoms with Gasteiger partial charge in [0.15, 0.2) is 0 Å². The fourth-order valence-electron chi connectivity index (χ4n) is 2.01. The van der Waals surface area contributed by atoms with E-state index >= 15 is 0 Å². The lowest BCUT2D eigenvalue weighted by molar-refractivity contribution is 0.0736. The predicted molar refractivity (Wildman–Crippen MR) is 78.5 cm³/mol. The van der Waals surface area contributed by atoms with Crippen LogP contribution in [0.5, 0.6) is 5.75 Å². The van der Waals surface area contributed by atoms with E-state index in [1.165, 1.54) is 0 Å². The molecule has 0 saturated heterocycles. The first-order valence-electron chi connectivity index (χ1n) is 6.80. The van der Waals surface area contributed by atoms with Crippen LogP contribution in [-0.4, -0.2) is 30.5 Å². The van der Waals surface area contributed by atoms with Gasteiger partial charge in [-0.3, -0.25) is 4.79 Å². The Morgan fingerprint density at radius 1 is 1.37 bits per heavy atom. The van der Waals surface area contributed by atoms with Gasteiger partial charge in [-0.05, 0) is 32.4 Å². The van der Waals surface area contributed by atoms with Crippen molar-refractivity contribution in [2.45, 2.75) is 39.7 Å². The zero-order valence-electron chi connectivity index (χ0n) is 12.3. The fraction of sp³-hybridized carbons (Fsp3) is 0.533. The highest BCUT2D eigenvalue weighted by Gasteiger charge is 2.17. The summed E-state index contributed by atoms with van der Waals surface area (Å²) in [6.07, 6.45) is 2.04. The molecule has 0 bridgehead atoms. The second-order valence-corrected chi connectivity index (χ2v) is 4.78. The maximum Gasteiger partial charge on any atom is 0.254 e. The lowest BCUT2D eigenvalue weighted by atomic mass is 10.1. The van der Waals surface area contributed by atoms with Crippen LogP contribution in [0.2, 0.25) is 0 Å². The molecule has 0 aliphatic heterocycles. The van der Waals surface area contributed by atoms with Crippen LogP contribution in [0.25, 0.3) is 0 Å². The maximum atomic E-state index is 12.4. The molecule has 0 radical (unpaired) electrons. The highest BCUT2D eigenvalue weighted by atomic mass is 16.5. The molecule has 0 aliphatic carbocycles. The van der Waals surface area contributed by atoms with Gasteiger partial charge in [-0.15, -0.1) is 0 Å². The van der Waals surface area contributed by atoms with Crippen LogP contribution in [0.15, 0.2) is 18.2 Å². The van der Waals surface area contributed by atoms with Crippen molar-refractivity contribution < 1.29 is 9.53 Å². The average Bonchev–Trinajstić information content (AvgIpc) is 2.37. The molecule has 1 atom stereocenters. The normalized spacial score (nSPS) is 12.0. The maximum absolute atomic E-state index is 12.4. The molecule has 0 spiro atoms. The molecule has 4 nitrogen and oxygen atoms in total. The largest absolute Gasteiger partial charge is 0.494 e. The van der Waals surface area contributed by atoms with Crippen LogP contribution in [-0.2, 0) is 0 Å². The molecular weight excluding hydrogens is 240 g/mol. The van der Waals surface area contributed by atoms with E-state index in [9.17, 15) is 4.79 Å². The Bertz CT molecular complexity index is 432. The summed E-state index contributed by atoms with van der Waals surface area (Å²) < 4.78 is 5.41. The van der Waals surface area contributed by atoms with Crippen LogP contribution < -0.4 is 10.5 Å². The van der Waals surface area contributed by atoms with Gasteiger partial charge in [-0.2, -0.15) is 0 Å². The fourth-order valence-corrected chi connectivity index (χ4v) is 2.01. The van der Waals surface area contributed by atoms with Crippen molar-refractivity contribution in [2.75, 3.05) is 19.4 Å². The number of nitrogen functional groups attached to an aromatic ring is 1. The highest BCUT2D eigenvalue weighted by Crippen LogP contribution is 2.21. The van der Waals surface area contributed by atoms with Gasteiger partial charge in [-0.1, -0.05) is 13.3 Å². The van der Waals surface area contributed by atoms with E-state index < -0.39 is 0 Å². The van der Waals surface area contributed by atoms with Crippen molar-refractivity contribution in [3.63, 3.8) is 0 Å². The van der Waals surface area contributed by atoms with E-state index in [1.807, 2.05) is 14.0 Å². The summed E-state index contributed by atoms with van der Waals surface area (Å²) in [5.41, 5.74) is 6.94. The molecule has 1 rings (SSSR count). The SMILES string of the molecule is CCCC(C)N(C)C(=O)c1cc(N)cc(OCC)c1. The van der Waals surface area contributed by atoms with Crippen LogP contribution in [0.4, 0.5) is 5.69 Å². The van der Waals surface area contributed by atoms with Gasteiger partial charge in [-0.25, -0.2) is 0 Å². The standard InChI is InChI=1S/C15H24N2O2/c1-5-7-11(3)17(4)15(18)12-8-13(16)10-14(9-12)19-6-2/h8-11H,5-7,16H2,1-4H3. The molecule has 19 heavy (non-hydrogen) atoms. The number of nitrogens with two attached hydrogens (primary N) is 1. The summed E-state index contributed by atoms with van der Waals surface area (Å²) in [5.74, 6) is 0.622. The Balaban J connectivity index is 2.92. The van der Waals surface area contributed by atoms with E-state index in [1.54, 1.807) is 23.1 Å². The number of hydrogen-bond acceptors (Lipinski definition) is 3. The van der Waals surface area contributed by atoms with Gasteiger partial charge >= 0.3 is 0 Å². The van der Waals surface area contributed by atoms with E-state index in [0.717, 1.165) is 12.8 Å². The summed E-state index contributed by atoms with van der Waals surface area (Å²) >= 11 is 0. The molecule has 0 heterocycles. The third kappa shape index (κ3) is 4.16. The minimum absolute atomic E-state index is 0.0193. The molecule has 1 unspecified atom stereocenters. The van der Waals surface area contributed by atoms with Gasteiger partial charge in [0.2, 0.25) is 0 Å². The lowest BCUT2D eigenvalue weighted by Crippen LogP contribution is -2.35. The molecule has 1 aromatic carbocycles. The average molecular weight is 264 g/mol. The number of ether oxygens (including phenoxy) is 1. The van der Waals surface area contributed by atoms with Crippen LogP contribution in [0, 0.1) is 0 Å². The summed E-state index contributed by atoms with van der Waals surface area (Å²) in [6.45, 7) is 6.62. The molecule has 0 saturated carbocycles. The molecule has 1 aromatic rings. The number of nitrogens with zero attached hydrogens (tertiary/aromatic N) is 1. The summed E-state index contributed by atoms with van der Waals surface area (Å²) in [7, 11) is 1.83. The van der Waals surface area contributed by atoms with E-state index in [0.29, 0.717) is 23.6 Å². The summed E-state index contributed by atoms with van der Waals surface area (Å²) in [5, 5.41) is 0. The first-order chi connectivity index (χ1) is 8.99. The second kappa shape index (κ2) is 7.02. The quantitative estimate of drug-likeness (QED) is 0.804. The zero-order valence-corrected chi connectivity index (χ0v) is 12.3. The van der Waals surface area contributed by atoms with Crippen molar-refractivity contribution in [3.8, 4) is 5.75 Å². The number of amides is 1. The molecule has 106 valence electrons. The van der Waals surface area contributed by atoms with Gasteiger partial charge in [0.25, 0.3) is 5.91 Å². The molecule has 0 aliphatic rings. The molecule has 0 aromatic heterocycles. The van der Waals surface area contributed by atoms with E-state index in [-0.39, 0.29) is 11.9 Å². The van der Waals surface area contributed by atoms with Crippen molar-refractivity contribution >= 4 is 11.6 Å². The van der Waals surface area contributed by atoms with Crippen molar-refractivity contribution in [2.24, 2.45) is 0 Å². The molecule has 1 amide bonds. The lowest BCUT2D eigenvalue weighted by Gasteiger charge is -2.25. The molecule has 4 heteroatoms. The first kappa shape index (κ1) is 15.3. The third-order valence-corrected chi connectivity index (χ3v) is 3.17. The Labute approximate surface area is 115 Å². The number of benzene rings is 1. The third-order valence-electron chi connectivity index (χ3n) is 3.17. The number of hydrogen-bond donors (Lipinski definition) is 1. The highest BCUT2D eigenvalue weighted by molar-refractivity contribution is 5.95. The van der Waals surface area contributed by atoms with Crippen LogP contribution in [0.3, 0.4) is 0 Å². The Morgan fingerprint density at radius 3 is 2.63 bits per heavy atom. The van der Waals surface area contributed by atoms with Crippen molar-refractivity contribution in [3.05, 3.63) is 23.8 Å².